The van der Waals surface area contributed by atoms with E-state index in [4.69, 9.17) is 9.15 Å². The second-order valence-corrected chi connectivity index (χ2v) is 6.88. The van der Waals surface area contributed by atoms with Crippen molar-refractivity contribution in [2.45, 2.75) is 39.2 Å². The van der Waals surface area contributed by atoms with Crippen LogP contribution in [0.25, 0.3) is 0 Å². The number of hydrogen-bond donors (Lipinski definition) is 2. The number of carbonyl (C=O) groups is 3. The molecule has 3 rings (SSSR count). The fourth-order valence-electron chi connectivity index (χ4n) is 3.58. The predicted molar refractivity (Wildman–Crippen MR) is 101 cm³/mol. The predicted octanol–water partition coefficient (Wildman–Crippen LogP) is 2.30. The van der Waals surface area contributed by atoms with Crippen molar-refractivity contribution in [3.8, 4) is 0 Å². The van der Waals surface area contributed by atoms with Gasteiger partial charge in [0.15, 0.2) is 0 Å². The van der Waals surface area contributed by atoms with Crippen LogP contribution in [0.1, 0.15) is 62.2 Å². The lowest BCUT2D eigenvalue weighted by Crippen LogP contribution is -2.46. The highest BCUT2D eigenvalue weighted by Crippen LogP contribution is 2.21. The molecule has 2 aromatic heterocycles. The number of piperidine rings is 1. The number of esters is 1. The zero-order valence-electron chi connectivity index (χ0n) is 16.3. The van der Waals surface area contributed by atoms with Crippen LogP contribution in [-0.4, -0.2) is 53.9 Å². The third-order valence-electron chi connectivity index (χ3n) is 5.18. The van der Waals surface area contributed by atoms with E-state index in [1.54, 1.807) is 17.9 Å². The Morgan fingerprint density at radius 3 is 2.61 bits per heavy atom. The van der Waals surface area contributed by atoms with Crippen molar-refractivity contribution < 1.29 is 23.5 Å². The van der Waals surface area contributed by atoms with E-state index in [-0.39, 0.29) is 17.9 Å². The monoisotopic (exact) mass is 387 g/mol. The van der Waals surface area contributed by atoms with E-state index >= 15 is 0 Å². The van der Waals surface area contributed by atoms with E-state index in [0.717, 1.165) is 0 Å². The number of amides is 2. The second kappa shape index (κ2) is 8.33. The number of aryl methyl sites for hydroxylation is 1. The molecule has 0 spiro atoms. The number of furan rings is 1. The zero-order chi connectivity index (χ0) is 20.3. The van der Waals surface area contributed by atoms with Crippen LogP contribution in [-0.2, 0) is 11.2 Å². The van der Waals surface area contributed by atoms with Gasteiger partial charge < -0.3 is 24.4 Å². The maximum atomic E-state index is 12.7. The molecule has 0 aromatic carbocycles. The molecule has 2 amide bonds. The number of H-pyrrole nitrogens is 1. The second-order valence-electron chi connectivity index (χ2n) is 6.88. The Bertz CT molecular complexity index is 861. The minimum absolute atomic E-state index is 0.0322. The quantitative estimate of drug-likeness (QED) is 0.766. The minimum atomic E-state index is -0.448. The summed E-state index contributed by atoms with van der Waals surface area (Å²) in [6.45, 7) is 4.77. The molecular formula is C20H25N3O5. The Morgan fingerprint density at radius 1 is 1.32 bits per heavy atom. The summed E-state index contributed by atoms with van der Waals surface area (Å²) in [5, 5.41) is 3.01. The van der Waals surface area contributed by atoms with E-state index in [9.17, 15) is 14.4 Å². The fraction of sp³-hybridized carbons (Fsp3) is 0.450. The van der Waals surface area contributed by atoms with Crippen LogP contribution in [0, 0.1) is 6.92 Å². The Hall–Kier alpha value is -3.03. The molecular weight excluding hydrogens is 362 g/mol. The molecule has 2 aromatic rings. The third kappa shape index (κ3) is 3.81. The van der Waals surface area contributed by atoms with Crippen LogP contribution in [0.4, 0.5) is 0 Å². The molecule has 0 bridgehead atoms. The summed E-state index contributed by atoms with van der Waals surface area (Å²) in [6.07, 6.45) is 4.84. The number of aromatic amines is 1. The molecule has 28 heavy (non-hydrogen) atoms. The first-order valence-corrected chi connectivity index (χ1v) is 9.38. The van der Waals surface area contributed by atoms with Gasteiger partial charge in [0.2, 0.25) is 0 Å². The number of rotatable bonds is 5. The number of methoxy groups -OCH3 is 1. The number of nitrogens with zero attached hydrogens (tertiary/aromatic N) is 1. The number of aromatic nitrogens is 1. The molecule has 3 heterocycles. The van der Waals surface area contributed by atoms with E-state index in [1.807, 2.05) is 6.92 Å². The molecule has 1 aliphatic rings. The van der Waals surface area contributed by atoms with Crippen LogP contribution in [0.5, 0.6) is 0 Å². The highest BCUT2D eigenvalue weighted by atomic mass is 16.5. The lowest BCUT2D eigenvalue weighted by atomic mass is 10.0. The van der Waals surface area contributed by atoms with Crippen molar-refractivity contribution >= 4 is 17.8 Å². The Balaban J connectivity index is 1.63. The van der Waals surface area contributed by atoms with Gasteiger partial charge in [0.1, 0.15) is 12.0 Å². The highest BCUT2D eigenvalue weighted by Gasteiger charge is 2.28. The SMILES string of the molecule is CCc1[nH]c(C(=O)NC2CCN(C(=O)c3ccoc3)CC2)c(C)c1C(=O)OC. The fourth-order valence-corrected chi connectivity index (χ4v) is 3.58. The standard InChI is InChI=1S/C20H25N3O5/c1-4-15-16(20(26)27-3)12(2)17(22-15)18(24)21-14-5-8-23(9-6-14)19(25)13-7-10-28-11-13/h7,10-11,14,22H,4-6,8-9H2,1-3H3,(H,21,24). The topological polar surface area (TPSA) is 105 Å². The lowest BCUT2D eigenvalue weighted by Gasteiger charge is -2.32. The van der Waals surface area contributed by atoms with E-state index in [0.29, 0.717) is 60.4 Å². The molecule has 0 atom stereocenters. The first kappa shape index (κ1) is 19.7. The van der Waals surface area contributed by atoms with Crippen LogP contribution < -0.4 is 5.32 Å². The molecule has 0 saturated carbocycles. The van der Waals surface area contributed by atoms with E-state index in [2.05, 4.69) is 10.3 Å². The van der Waals surface area contributed by atoms with Gasteiger partial charge in [-0.25, -0.2) is 4.79 Å². The number of hydrogen-bond acceptors (Lipinski definition) is 5. The molecule has 1 aliphatic heterocycles. The van der Waals surface area contributed by atoms with Gasteiger partial charge in [-0.1, -0.05) is 6.92 Å². The molecule has 8 heteroatoms. The maximum Gasteiger partial charge on any atom is 0.339 e. The Morgan fingerprint density at radius 2 is 2.04 bits per heavy atom. The lowest BCUT2D eigenvalue weighted by molar-refractivity contribution is 0.0598. The summed E-state index contributed by atoms with van der Waals surface area (Å²) in [5.74, 6) is -0.758. The third-order valence-corrected chi connectivity index (χ3v) is 5.18. The van der Waals surface area contributed by atoms with Crippen LogP contribution in [0.2, 0.25) is 0 Å². The van der Waals surface area contributed by atoms with Crippen LogP contribution in [0.15, 0.2) is 23.0 Å². The van der Waals surface area contributed by atoms with E-state index < -0.39 is 5.97 Å². The van der Waals surface area contributed by atoms with Crippen molar-refractivity contribution in [1.29, 1.82) is 0 Å². The largest absolute Gasteiger partial charge is 0.472 e. The van der Waals surface area contributed by atoms with Crippen molar-refractivity contribution in [2.24, 2.45) is 0 Å². The van der Waals surface area contributed by atoms with E-state index in [1.165, 1.54) is 19.6 Å². The van der Waals surface area contributed by atoms with Crippen molar-refractivity contribution in [3.63, 3.8) is 0 Å². The van der Waals surface area contributed by atoms with Crippen molar-refractivity contribution in [3.05, 3.63) is 46.7 Å². The Kier molecular flexibility index (Phi) is 5.87. The normalized spacial score (nSPS) is 14.8. The van der Waals surface area contributed by atoms with Gasteiger partial charge in [-0.15, -0.1) is 0 Å². The smallest absolute Gasteiger partial charge is 0.339 e. The Labute approximate surface area is 163 Å². The van der Waals surface area contributed by atoms with Gasteiger partial charge in [0, 0.05) is 24.8 Å². The molecule has 8 nitrogen and oxygen atoms in total. The summed E-state index contributed by atoms with van der Waals surface area (Å²) in [4.78, 5) is 41.9. The summed E-state index contributed by atoms with van der Waals surface area (Å²) in [6, 6.07) is 1.62. The summed E-state index contributed by atoms with van der Waals surface area (Å²) in [5.41, 5.74) is 2.63. The van der Waals surface area contributed by atoms with Crippen molar-refractivity contribution in [1.82, 2.24) is 15.2 Å². The summed E-state index contributed by atoms with van der Waals surface area (Å²) < 4.78 is 9.80. The van der Waals surface area contributed by atoms with Gasteiger partial charge >= 0.3 is 5.97 Å². The van der Waals surface area contributed by atoms with Crippen LogP contribution >= 0.6 is 0 Å². The average molecular weight is 387 g/mol. The molecule has 0 aliphatic carbocycles. The molecule has 0 radical (unpaired) electrons. The number of carbonyl (C=O) groups excluding carboxylic acids is 3. The zero-order valence-corrected chi connectivity index (χ0v) is 16.3. The van der Waals surface area contributed by atoms with Gasteiger partial charge in [-0.3, -0.25) is 9.59 Å². The number of nitrogens with one attached hydrogen (secondary N) is 2. The summed E-state index contributed by atoms with van der Waals surface area (Å²) in [7, 11) is 1.33. The van der Waals surface area contributed by atoms with Crippen LogP contribution in [0.3, 0.4) is 0 Å². The first-order valence-electron chi connectivity index (χ1n) is 9.38. The van der Waals surface area contributed by atoms with Gasteiger partial charge in [0.05, 0.1) is 24.5 Å². The highest BCUT2D eigenvalue weighted by molar-refractivity contribution is 6.00. The molecule has 150 valence electrons. The van der Waals surface area contributed by atoms with Gasteiger partial charge in [-0.2, -0.15) is 0 Å². The van der Waals surface area contributed by atoms with Gasteiger partial charge in [-0.05, 0) is 37.8 Å². The number of likely N-dealkylation sites (tertiary alicyclic amines) is 1. The molecule has 2 N–H and O–H groups in total. The molecule has 0 unspecified atom stereocenters. The maximum absolute atomic E-state index is 12.7. The molecule has 1 fully saturated rings. The average Bonchev–Trinajstić information content (AvgIpc) is 3.35. The minimum Gasteiger partial charge on any atom is -0.472 e. The first-order chi connectivity index (χ1) is 13.5. The molecule has 1 saturated heterocycles. The van der Waals surface area contributed by atoms with Gasteiger partial charge in [0.25, 0.3) is 11.8 Å². The number of ether oxygens (including phenoxy) is 1. The van der Waals surface area contributed by atoms with Crippen molar-refractivity contribution in [2.75, 3.05) is 20.2 Å². The summed E-state index contributed by atoms with van der Waals surface area (Å²) >= 11 is 0.